The number of phosphoric ester groups is 1. The van der Waals surface area contributed by atoms with Crippen LogP contribution in [0.3, 0.4) is 0 Å². The second kappa shape index (κ2) is 40.1. The van der Waals surface area contributed by atoms with Crippen LogP contribution in [0, 0.1) is 0 Å². The topological polar surface area (TPSA) is 155 Å². The third-order valence-electron chi connectivity index (χ3n) is 8.07. The molecule has 0 aliphatic heterocycles. The zero-order valence-corrected chi connectivity index (χ0v) is 35.3. The molecule has 56 heavy (non-hydrogen) atoms. The molecule has 0 rings (SSSR count). The number of rotatable bonds is 37. The molecule has 0 saturated carbocycles. The van der Waals surface area contributed by atoms with E-state index in [0.29, 0.717) is 19.3 Å². The van der Waals surface area contributed by atoms with Crippen molar-refractivity contribution in [3.63, 3.8) is 0 Å². The summed E-state index contributed by atoms with van der Waals surface area (Å²) in [4.78, 5) is 34.8. The number of esters is 2. The van der Waals surface area contributed by atoms with E-state index < -0.39 is 38.6 Å². The average molecular weight is 804 g/mol. The Kier molecular flexibility index (Phi) is 37.9. The largest absolute Gasteiger partial charge is 0.472 e. The van der Waals surface area contributed by atoms with Crippen molar-refractivity contribution < 1.29 is 42.7 Å². The number of unbranched alkanes of at least 4 members (excludes halogenated alkanes) is 7. The molecule has 0 heterocycles. The van der Waals surface area contributed by atoms with Crippen molar-refractivity contribution in [3.8, 4) is 0 Å². The Morgan fingerprint density at radius 2 is 1.14 bits per heavy atom. The molecular formula is C45H74NO9P. The Morgan fingerprint density at radius 1 is 0.625 bits per heavy atom. The second-order valence-electron chi connectivity index (χ2n) is 13.3. The summed E-state index contributed by atoms with van der Waals surface area (Å²) in [7, 11) is -4.42. The summed E-state index contributed by atoms with van der Waals surface area (Å²) in [5.41, 5.74) is 5.33. The van der Waals surface area contributed by atoms with Gasteiger partial charge in [0.1, 0.15) is 6.61 Å². The van der Waals surface area contributed by atoms with Crippen molar-refractivity contribution in [2.45, 2.75) is 148 Å². The van der Waals surface area contributed by atoms with E-state index in [0.717, 1.165) is 89.9 Å². The van der Waals surface area contributed by atoms with Gasteiger partial charge in [-0.1, -0.05) is 143 Å². The molecule has 0 aliphatic rings. The quantitative estimate of drug-likeness (QED) is 0.0182. The number of hydrogen-bond donors (Lipinski definition) is 3. The first-order valence-electron chi connectivity index (χ1n) is 20.8. The molecule has 0 spiro atoms. The lowest BCUT2D eigenvalue weighted by molar-refractivity contribution is -0.161. The summed E-state index contributed by atoms with van der Waals surface area (Å²) in [6.07, 6.45) is 47.4. The Hall–Kier alpha value is -3.11. The minimum Gasteiger partial charge on any atom is -0.462 e. The van der Waals surface area contributed by atoms with Crippen molar-refractivity contribution in [2.24, 2.45) is 5.73 Å². The molecule has 0 radical (unpaired) electrons. The van der Waals surface area contributed by atoms with Gasteiger partial charge >= 0.3 is 19.8 Å². The lowest BCUT2D eigenvalue weighted by atomic mass is 10.1. The summed E-state index contributed by atoms with van der Waals surface area (Å²) in [6, 6.07) is 0. The standard InChI is InChI=1S/C45H74NO9P/c1-3-5-7-9-11-12-13-14-15-16-17-18-19-20-21-22-24-28-33-37-45(49)55-43(41-54-56(50,51)53-39-38-46)40-52-44(48)36-32-29-25-27-31-35-42(47)34-30-26-23-10-8-6-4-2/h5-8,11-12,14-15,17-18,20-21,23,26,30,34,42-43,47H,3-4,9-10,13,16,19,22,24-25,27-29,31-33,35-41,46H2,1-2H3,(H,50,51)/b7-5-,8-6+,12-11-,15-14-,18-17-,21-20-,26-23+,34-30+/t42?,43-/m1/s1. The fourth-order valence-corrected chi connectivity index (χ4v) is 5.78. The first kappa shape index (κ1) is 52.9. The summed E-state index contributed by atoms with van der Waals surface area (Å²) in [6.45, 7) is 3.30. The first-order chi connectivity index (χ1) is 27.2. The predicted octanol–water partition coefficient (Wildman–Crippen LogP) is 10.8. The fraction of sp³-hybridized carbons (Fsp3) is 0.600. The van der Waals surface area contributed by atoms with Crippen molar-refractivity contribution in [1.82, 2.24) is 0 Å². The molecule has 0 amide bonds. The van der Waals surface area contributed by atoms with Crippen molar-refractivity contribution in [1.29, 1.82) is 0 Å². The van der Waals surface area contributed by atoms with Crippen LogP contribution in [0.4, 0.5) is 0 Å². The van der Waals surface area contributed by atoms with Gasteiger partial charge in [0.25, 0.3) is 0 Å². The molecular weight excluding hydrogens is 729 g/mol. The molecule has 0 aliphatic carbocycles. The van der Waals surface area contributed by atoms with Gasteiger partial charge in [0.2, 0.25) is 0 Å². The number of carbonyl (C=O) groups is 2. The zero-order valence-electron chi connectivity index (χ0n) is 34.4. The van der Waals surface area contributed by atoms with Crippen LogP contribution in [0.2, 0.25) is 0 Å². The lowest BCUT2D eigenvalue weighted by Gasteiger charge is -2.19. The van der Waals surface area contributed by atoms with E-state index in [1.807, 2.05) is 18.2 Å². The van der Waals surface area contributed by atoms with Crippen molar-refractivity contribution >= 4 is 19.8 Å². The summed E-state index contributed by atoms with van der Waals surface area (Å²) in [5, 5.41) is 10.1. The van der Waals surface area contributed by atoms with E-state index >= 15 is 0 Å². The Balaban J connectivity index is 4.35. The molecule has 318 valence electrons. The van der Waals surface area contributed by atoms with Gasteiger partial charge in [0.05, 0.1) is 19.3 Å². The van der Waals surface area contributed by atoms with Crippen LogP contribution in [0.1, 0.15) is 136 Å². The van der Waals surface area contributed by atoms with Crippen LogP contribution < -0.4 is 5.73 Å². The maximum Gasteiger partial charge on any atom is 0.472 e. The van der Waals surface area contributed by atoms with Crippen molar-refractivity contribution in [3.05, 3.63) is 97.2 Å². The van der Waals surface area contributed by atoms with Gasteiger partial charge in [-0.05, 0) is 77.0 Å². The second-order valence-corrected chi connectivity index (χ2v) is 14.7. The normalized spacial score (nSPS) is 14.9. The monoisotopic (exact) mass is 804 g/mol. The van der Waals surface area contributed by atoms with E-state index in [2.05, 4.69) is 86.8 Å². The number of phosphoric acid groups is 1. The number of aliphatic hydroxyl groups is 1. The molecule has 0 aromatic carbocycles. The van der Waals surface area contributed by atoms with Gasteiger partial charge in [0, 0.05) is 19.4 Å². The van der Waals surface area contributed by atoms with Gasteiger partial charge in [0.15, 0.2) is 6.10 Å². The minimum absolute atomic E-state index is 0.0275. The highest BCUT2D eigenvalue weighted by Gasteiger charge is 2.26. The minimum atomic E-state index is -4.42. The maximum atomic E-state index is 12.6. The fourth-order valence-electron chi connectivity index (χ4n) is 5.02. The van der Waals surface area contributed by atoms with Gasteiger partial charge in [-0.3, -0.25) is 18.6 Å². The molecule has 0 aromatic rings. The van der Waals surface area contributed by atoms with Gasteiger partial charge in [-0.15, -0.1) is 0 Å². The van der Waals surface area contributed by atoms with E-state index in [-0.39, 0.29) is 32.6 Å². The zero-order chi connectivity index (χ0) is 41.2. The number of ether oxygens (including phenoxy) is 2. The molecule has 0 bridgehead atoms. The summed E-state index contributed by atoms with van der Waals surface area (Å²) in [5.74, 6) is -0.955. The number of allylic oxidation sites excluding steroid dienone is 15. The van der Waals surface area contributed by atoms with Crippen LogP contribution >= 0.6 is 7.82 Å². The van der Waals surface area contributed by atoms with E-state index in [1.54, 1.807) is 6.08 Å². The molecule has 0 saturated heterocycles. The molecule has 0 fully saturated rings. The summed E-state index contributed by atoms with van der Waals surface area (Å²) < 4.78 is 32.7. The molecule has 0 aromatic heterocycles. The lowest BCUT2D eigenvalue weighted by Crippen LogP contribution is -2.29. The number of hydrogen-bond acceptors (Lipinski definition) is 9. The predicted molar refractivity (Wildman–Crippen MR) is 230 cm³/mol. The van der Waals surface area contributed by atoms with Crippen LogP contribution in [0.15, 0.2) is 97.2 Å². The number of nitrogens with two attached hydrogens (primary N) is 1. The van der Waals surface area contributed by atoms with E-state index in [4.69, 9.17) is 24.3 Å². The van der Waals surface area contributed by atoms with Crippen LogP contribution in [0.5, 0.6) is 0 Å². The molecule has 3 atom stereocenters. The van der Waals surface area contributed by atoms with Crippen LogP contribution in [0.25, 0.3) is 0 Å². The van der Waals surface area contributed by atoms with E-state index in [9.17, 15) is 24.2 Å². The molecule has 10 nitrogen and oxygen atoms in total. The third-order valence-corrected chi connectivity index (χ3v) is 9.05. The Morgan fingerprint density at radius 3 is 1.75 bits per heavy atom. The average Bonchev–Trinajstić information content (AvgIpc) is 3.18. The van der Waals surface area contributed by atoms with Gasteiger partial charge in [-0.25, -0.2) is 4.57 Å². The highest BCUT2D eigenvalue weighted by molar-refractivity contribution is 7.47. The molecule has 2 unspecified atom stereocenters. The van der Waals surface area contributed by atoms with Gasteiger partial charge < -0.3 is 25.2 Å². The third kappa shape index (κ3) is 39.1. The van der Waals surface area contributed by atoms with Crippen LogP contribution in [-0.4, -0.2) is 60.5 Å². The Labute approximate surface area is 339 Å². The SMILES string of the molecule is CC/C=C\C/C=C\C/C=C\C/C=C\C/C=C\CCCCCC(=O)O[C@H](COC(=O)CCCCCCCC(O)/C=C/C=C/C/C=C/CC)COP(=O)(O)OCCN. The smallest absolute Gasteiger partial charge is 0.462 e. The molecule has 11 heteroatoms. The number of carbonyl (C=O) groups excluding carboxylic acids is 2. The highest BCUT2D eigenvalue weighted by atomic mass is 31.2. The summed E-state index contributed by atoms with van der Waals surface area (Å²) >= 11 is 0. The highest BCUT2D eigenvalue weighted by Crippen LogP contribution is 2.43. The molecule has 4 N–H and O–H groups in total. The van der Waals surface area contributed by atoms with Crippen molar-refractivity contribution in [2.75, 3.05) is 26.4 Å². The number of aliphatic hydroxyl groups excluding tert-OH is 1. The first-order valence-corrected chi connectivity index (χ1v) is 22.3. The van der Waals surface area contributed by atoms with Gasteiger partial charge in [-0.2, -0.15) is 0 Å². The maximum absolute atomic E-state index is 12.6. The van der Waals surface area contributed by atoms with Crippen LogP contribution in [-0.2, 0) is 32.7 Å². The Bertz CT molecular complexity index is 1250. The van der Waals surface area contributed by atoms with E-state index in [1.165, 1.54) is 0 Å².